The molecule has 3 aromatic carbocycles. The number of anilines is 2. The Labute approximate surface area is 203 Å². The maximum atomic E-state index is 13.1. The molecule has 1 heterocycles. The van der Waals surface area contributed by atoms with Gasteiger partial charge in [0.1, 0.15) is 0 Å². The molecular formula is C27H26ClN3O3. The quantitative estimate of drug-likeness (QED) is 0.311. The van der Waals surface area contributed by atoms with E-state index in [-0.39, 0.29) is 12.3 Å². The van der Waals surface area contributed by atoms with E-state index in [2.05, 4.69) is 22.9 Å². The van der Waals surface area contributed by atoms with Gasteiger partial charge in [-0.05, 0) is 60.0 Å². The number of hydrogen-bond acceptors (Lipinski definition) is 4. The standard InChI is InChI=1S/C27H26ClN3O3/c1-2-29-16-18-6-10-21(11-7-18)30-26(19-5-3-4-17(14-19)8-13-24(32)33)25-22-12-9-20(28)15-23(22)31-27(25)34/h3-7,9-12,14-15,29-30H,2,8,13,16H2,1H3,(H,31,34)(H,32,33). The molecule has 0 radical (unpaired) electrons. The monoisotopic (exact) mass is 475 g/mol. The average molecular weight is 476 g/mol. The molecule has 0 saturated heterocycles. The Morgan fingerprint density at radius 3 is 2.56 bits per heavy atom. The zero-order valence-electron chi connectivity index (χ0n) is 18.8. The molecule has 6 nitrogen and oxygen atoms in total. The van der Waals surface area contributed by atoms with Gasteiger partial charge in [0.25, 0.3) is 5.91 Å². The fourth-order valence-electron chi connectivity index (χ4n) is 3.93. The van der Waals surface area contributed by atoms with Crippen molar-refractivity contribution in [2.45, 2.75) is 26.3 Å². The summed E-state index contributed by atoms with van der Waals surface area (Å²) in [5, 5.41) is 19.3. The van der Waals surface area contributed by atoms with E-state index in [4.69, 9.17) is 16.7 Å². The summed E-state index contributed by atoms with van der Waals surface area (Å²) in [6.45, 7) is 3.75. The van der Waals surface area contributed by atoms with Gasteiger partial charge in [0.15, 0.2) is 0 Å². The summed E-state index contributed by atoms with van der Waals surface area (Å²) in [6, 6.07) is 21.0. The molecule has 4 N–H and O–H groups in total. The summed E-state index contributed by atoms with van der Waals surface area (Å²) in [7, 11) is 0. The van der Waals surface area contributed by atoms with Crippen molar-refractivity contribution in [3.05, 3.63) is 94.0 Å². The van der Waals surface area contributed by atoms with Crippen LogP contribution in [0.25, 0.3) is 11.3 Å². The van der Waals surface area contributed by atoms with Crippen molar-refractivity contribution in [1.82, 2.24) is 5.32 Å². The van der Waals surface area contributed by atoms with Gasteiger partial charge in [-0.2, -0.15) is 0 Å². The highest BCUT2D eigenvalue weighted by Crippen LogP contribution is 2.39. The molecule has 0 saturated carbocycles. The van der Waals surface area contributed by atoms with E-state index < -0.39 is 5.97 Å². The van der Waals surface area contributed by atoms with Gasteiger partial charge in [0.2, 0.25) is 0 Å². The number of aryl methyl sites for hydroxylation is 1. The van der Waals surface area contributed by atoms with E-state index in [0.29, 0.717) is 28.4 Å². The number of carboxylic acids is 1. The lowest BCUT2D eigenvalue weighted by atomic mass is 9.97. The fourth-order valence-corrected chi connectivity index (χ4v) is 4.10. The maximum absolute atomic E-state index is 13.1. The predicted molar refractivity (Wildman–Crippen MR) is 137 cm³/mol. The summed E-state index contributed by atoms with van der Waals surface area (Å²) in [4.78, 5) is 24.1. The number of benzene rings is 3. The molecular weight excluding hydrogens is 450 g/mol. The molecule has 1 amide bonds. The van der Waals surface area contributed by atoms with Gasteiger partial charge in [-0.1, -0.05) is 54.9 Å². The minimum atomic E-state index is -0.847. The Hall–Kier alpha value is -3.61. The Balaban J connectivity index is 1.77. The van der Waals surface area contributed by atoms with Gasteiger partial charge in [0, 0.05) is 29.2 Å². The van der Waals surface area contributed by atoms with E-state index in [1.165, 1.54) is 0 Å². The normalized spacial score (nSPS) is 13.9. The molecule has 0 fully saturated rings. The van der Waals surface area contributed by atoms with Crippen LogP contribution in [-0.4, -0.2) is 23.5 Å². The van der Waals surface area contributed by atoms with Crippen molar-refractivity contribution in [3.63, 3.8) is 0 Å². The first kappa shape index (κ1) is 23.5. The fraction of sp³-hybridized carbons (Fsp3) is 0.185. The van der Waals surface area contributed by atoms with Gasteiger partial charge < -0.3 is 21.1 Å². The van der Waals surface area contributed by atoms with Gasteiger partial charge in [0.05, 0.1) is 17.0 Å². The third-order valence-electron chi connectivity index (χ3n) is 5.62. The number of aliphatic carboxylic acids is 1. The van der Waals surface area contributed by atoms with E-state index in [1.807, 2.05) is 54.6 Å². The third-order valence-corrected chi connectivity index (χ3v) is 5.86. The smallest absolute Gasteiger partial charge is 0.303 e. The minimum absolute atomic E-state index is 0.0395. The van der Waals surface area contributed by atoms with Crippen LogP contribution in [0.2, 0.25) is 5.02 Å². The second kappa shape index (κ2) is 10.5. The van der Waals surface area contributed by atoms with Gasteiger partial charge in [-0.3, -0.25) is 9.59 Å². The lowest BCUT2D eigenvalue weighted by Crippen LogP contribution is -2.12. The van der Waals surface area contributed by atoms with E-state index in [1.54, 1.807) is 12.1 Å². The SMILES string of the molecule is CCNCc1ccc(NC(=C2C(=O)Nc3cc(Cl)ccc32)c2cccc(CCC(=O)O)c2)cc1. The number of fused-ring (bicyclic) bond motifs is 1. The van der Waals surface area contributed by atoms with Crippen molar-refractivity contribution in [1.29, 1.82) is 0 Å². The zero-order valence-corrected chi connectivity index (χ0v) is 19.6. The Morgan fingerprint density at radius 1 is 1.03 bits per heavy atom. The molecule has 0 aromatic heterocycles. The van der Waals surface area contributed by atoms with Crippen LogP contribution in [-0.2, 0) is 22.6 Å². The van der Waals surface area contributed by atoms with Crippen LogP contribution >= 0.6 is 11.6 Å². The topological polar surface area (TPSA) is 90.5 Å². The number of carbonyl (C=O) groups is 2. The maximum Gasteiger partial charge on any atom is 0.303 e. The summed E-state index contributed by atoms with van der Waals surface area (Å²) >= 11 is 6.14. The molecule has 0 unspecified atom stereocenters. The first-order valence-corrected chi connectivity index (χ1v) is 11.6. The van der Waals surface area contributed by atoms with Crippen molar-refractivity contribution in [3.8, 4) is 0 Å². The molecule has 0 aliphatic carbocycles. The number of carbonyl (C=O) groups excluding carboxylic acids is 1. The van der Waals surface area contributed by atoms with E-state index in [9.17, 15) is 9.59 Å². The van der Waals surface area contributed by atoms with Crippen molar-refractivity contribution >= 4 is 46.1 Å². The van der Waals surface area contributed by atoms with Crippen LogP contribution in [0.1, 0.15) is 35.6 Å². The molecule has 7 heteroatoms. The van der Waals surface area contributed by atoms with Crippen LogP contribution in [0.3, 0.4) is 0 Å². The van der Waals surface area contributed by atoms with Gasteiger partial charge >= 0.3 is 5.97 Å². The molecule has 4 rings (SSSR count). The van der Waals surface area contributed by atoms with Crippen LogP contribution < -0.4 is 16.0 Å². The molecule has 174 valence electrons. The summed E-state index contributed by atoms with van der Waals surface area (Å²) < 4.78 is 0. The second-order valence-corrected chi connectivity index (χ2v) is 8.53. The summed E-state index contributed by atoms with van der Waals surface area (Å²) in [6.07, 6.45) is 0.446. The van der Waals surface area contributed by atoms with Gasteiger partial charge in [-0.15, -0.1) is 0 Å². The molecule has 3 aromatic rings. The number of halogens is 1. The van der Waals surface area contributed by atoms with E-state index >= 15 is 0 Å². The molecule has 1 aliphatic heterocycles. The minimum Gasteiger partial charge on any atom is -0.481 e. The summed E-state index contributed by atoms with van der Waals surface area (Å²) in [5.41, 5.74) is 6.27. The molecule has 34 heavy (non-hydrogen) atoms. The average Bonchev–Trinajstić information content (AvgIpc) is 3.15. The second-order valence-electron chi connectivity index (χ2n) is 8.09. The van der Waals surface area contributed by atoms with Crippen molar-refractivity contribution < 1.29 is 14.7 Å². The largest absolute Gasteiger partial charge is 0.481 e. The van der Waals surface area contributed by atoms with Gasteiger partial charge in [-0.25, -0.2) is 0 Å². The Morgan fingerprint density at radius 2 is 1.82 bits per heavy atom. The molecule has 0 atom stereocenters. The van der Waals surface area contributed by atoms with Crippen LogP contribution in [0, 0.1) is 0 Å². The first-order valence-electron chi connectivity index (χ1n) is 11.2. The predicted octanol–water partition coefficient (Wildman–Crippen LogP) is 5.40. The molecule has 0 spiro atoms. The first-order chi connectivity index (χ1) is 16.4. The summed E-state index contributed by atoms with van der Waals surface area (Å²) in [5.74, 6) is -1.07. The molecule has 1 aliphatic rings. The Bertz CT molecular complexity index is 1250. The lowest BCUT2D eigenvalue weighted by Gasteiger charge is -2.16. The highest BCUT2D eigenvalue weighted by Gasteiger charge is 2.28. The number of carboxylic acid groups (broad SMARTS) is 1. The number of amides is 1. The van der Waals surface area contributed by atoms with Crippen LogP contribution in [0.15, 0.2) is 66.7 Å². The lowest BCUT2D eigenvalue weighted by molar-refractivity contribution is -0.137. The van der Waals surface area contributed by atoms with Crippen molar-refractivity contribution in [2.75, 3.05) is 17.2 Å². The molecule has 0 bridgehead atoms. The third kappa shape index (κ3) is 5.47. The number of rotatable bonds is 9. The van der Waals surface area contributed by atoms with E-state index in [0.717, 1.165) is 41.0 Å². The highest BCUT2D eigenvalue weighted by atomic mass is 35.5. The van der Waals surface area contributed by atoms with Crippen molar-refractivity contribution in [2.24, 2.45) is 0 Å². The number of hydrogen-bond donors (Lipinski definition) is 4. The zero-order chi connectivity index (χ0) is 24.1. The highest BCUT2D eigenvalue weighted by molar-refractivity contribution is 6.38. The Kier molecular flexibility index (Phi) is 7.30. The number of nitrogens with one attached hydrogen (secondary N) is 3. The van der Waals surface area contributed by atoms with Crippen LogP contribution in [0.5, 0.6) is 0 Å². The van der Waals surface area contributed by atoms with Crippen LogP contribution in [0.4, 0.5) is 11.4 Å².